The molecule has 1 N–H and O–H groups in total. The van der Waals surface area contributed by atoms with Crippen molar-refractivity contribution in [3.8, 4) is 0 Å². The summed E-state index contributed by atoms with van der Waals surface area (Å²) in [5.41, 5.74) is 0. The minimum Gasteiger partial charge on any atom is -0.354 e. The summed E-state index contributed by atoms with van der Waals surface area (Å²) in [6, 6.07) is 0. The third kappa shape index (κ3) is 2.95. The number of hydrogen-bond donors (Lipinski definition) is 1. The van der Waals surface area contributed by atoms with Crippen LogP contribution in [0.25, 0.3) is 0 Å². The van der Waals surface area contributed by atoms with Crippen LogP contribution in [0, 0.1) is 0 Å². The topological polar surface area (TPSA) is 69.7 Å². The lowest BCUT2D eigenvalue weighted by atomic mass is 10.3. The maximum absolute atomic E-state index is 12.0. The van der Waals surface area contributed by atoms with E-state index in [0.29, 0.717) is 39.0 Å². The highest BCUT2D eigenvalue weighted by Gasteiger charge is 2.25. The summed E-state index contributed by atoms with van der Waals surface area (Å²) in [5, 5.41) is 2.72. The Bertz CT molecular complexity index is 343. The summed E-state index contributed by atoms with van der Waals surface area (Å²) in [4.78, 5) is 37.7. The third-order valence-electron chi connectivity index (χ3n) is 3.16. The van der Waals surface area contributed by atoms with E-state index in [0.717, 1.165) is 6.42 Å². The average Bonchev–Trinajstić information content (AvgIpc) is 2.57. The molecular weight excluding hydrogens is 222 g/mol. The molecule has 0 unspecified atom stereocenters. The molecule has 0 aromatic heterocycles. The fourth-order valence-corrected chi connectivity index (χ4v) is 2.15. The van der Waals surface area contributed by atoms with Gasteiger partial charge in [-0.2, -0.15) is 0 Å². The number of nitrogens with zero attached hydrogens (tertiary/aromatic N) is 2. The Morgan fingerprint density at radius 2 is 2.00 bits per heavy atom. The van der Waals surface area contributed by atoms with E-state index in [4.69, 9.17) is 0 Å². The van der Waals surface area contributed by atoms with Crippen molar-refractivity contribution < 1.29 is 14.4 Å². The van der Waals surface area contributed by atoms with E-state index in [1.54, 1.807) is 9.80 Å². The van der Waals surface area contributed by atoms with Gasteiger partial charge in [-0.15, -0.1) is 0 Å². The van der Waals surface area contributed by atoms with E-state index >= 15 is 0 Å². The van der Waals surface area contributed by atoms with Crippen molar-refractivity contribution in [1.82, 2.24) is 15.1 Å². The first kappa shape index (κ1) is 11.9. The molecule has 2 aliphatic rings. The van der Waals surface area contributed by atoms with Gasteiger partial charge in [0.25, 0.3) is 0 Å². The van der Waals surface area contributed by atoms with Crippen molar-refractivity contribution >= 4 is 17.7 Å². The number of carbonyl (C=O) groups excluding carboxylic acids is 3. The van der Waals surface area contributed by atoms with Crippen molar-refractivity contribution in [3.05, 3.63) is 0 Å². The Labute approximate surface area is 99.9 Å². The lowest BCUT2D eigenvalue weighted by Crippen LogP contribution is -2.42. The minimum atomic E-state index is -0.0586. The van der Waals surface area contributed by atoms with E-state index < -0.39 is 0 Å². The smallest absolute Gasteiger partial charge is 0.242 e. The Morgan fingerprint density at radius 1 is 1.18 bits per heavy atom. The van der Waals surface area contributed by atoms with Gasteiger partial charge in [0.1, 0.15) is 0 Å². The monoisotopic (exact) mass is 239 g/mol. The van der Waals surface area contributed by atoms with Crippen LogP contribution >= 0.6 is 0 Å². The Morgan fingerprint density at radius 3 is 2.71 bits per heavy atom. The van der Waals surface area contributed by atoms with Crippen LogP contribution < -0.4 is 5.32 Å². The molecular formula is C11H17N3O3. The second kappa shape index (κ2) is 5.16. The van der Waals surface area contributed by atoms with Crippen molar-refractivity contribution in [2.24, 2.45) is 0 Å². The van der Waals surface area contributed by atoms with Gasteiger partial charge in [0.15, 0.2) is 0 Å². The number of carbonyl (C=O) groups is 3. The van der Waals surface area contributed by atoms with Crippen molar-refractivity contribution in [1.29, 1.82) is 0 Å². The highest BCUT2D eigenvalue weighted by molar-refractivity contribution is 5.86. The van der Waals surface area contributed by atoms with E-state index in [2.05, 4.69) is 5.32 Å². The number of nitrogens with one attached hydrogen (secondary N) is 1. The van der Waals surface area contributed by atoms with Crippen molar-refractivity contribution in [3.63, 3.8) is 0 Å². The number of amides is 3. The van der Waals surface area contributed by atoms with Crippen molar-refractivity contribution in [2.75, 3.05) is 32.7 Å². The van der Waals surface area contributed by atoms with Gasteiger partial charge in [-0.25, -0.2) is 0 Å². The summed E-state index contributed by atoms with van der Waals surface area (Å²) >= 11 is 0. The molecule has 0 aliphatic carbocycles. The fraction of sp³-hybridized carbons (Fsp3) is 0.727. The van der Waals surface area contributed by atoms with E-state index in [1.165, 1.54) is 0 Å². The Kier molecular flexibility index (Phi) is 3.61. The maximum Gasteiger partial charge on any atom is 0.242 e. The lowest BCUT2D eigenvalue weighted by molar-refractivity contribution is -0.138. The summed E-state index contributed by atoms with van der Waals surface area (Å²) in [5.74, 6) is -0.0170. The molecule has 0 spiro atoms. The zero-order chi connectivity index (χ0) is 12.3. The SMILES string of the molecule is O=C1CCN(C(=O)CN2CCCC2=O)CCN1. The van der Waals surface area contributed by atoms with E-state index in [1.807, 2.05) is 0 Å². The van der Waals surface area contributed by atoms with Gasteiger partial charge in [0, 0.05) is 39.0 Å². The number of likely N-dealkylation sites (tertiary alicyclic amines) is 1. The van der Waals surface area contributed by atoms with Crippen LogP contribution in [0.1, 0.15) is 19.3 Å². The van der Waals surface area contributed by atoms with E-state index in [-0.39, 0.29) is 24.3 Å². The molecule has 2 saturated heterocycles. The molecule has 0 saturated carbocycles. The predicted octanol–water partition coefficient (Wildman–Crippen LogP) is -1.04. The zero-order valence-corrected chi connectivity index (χ0v) is 9.78. The standard InChI is InChI=1S/C11H17N3O3/c15-9-3-6-13(7-4-12-9)11(17)8-14-5-1-2-10(14)16/h1-8H2,(H,12,15). The van der Waals surface area contributed by atoms with Crippen LogP contribution in [-0.4, -0.2) is 60.2 Å². The van der Waals surface area contributed by atoms with Crippen LogP contribution in [-0.2, 0) is 14.4 Å². The van der Waals surface area contributed by atoms with Gasteiger partial charge >= 0.3 is 0 Å². The second-order valence-corrected chi connectivity index (χ2v) is 4.40. The van der Waals surface area contributed by atoms with Crippen LogP contribution in [0.5, 0.6) is 0 Å². The largest absolute Gasteiger partial charge is 0.354 e. The summed E-state index contributed by atoms with van der Waals surface area (Å²) in [6.45, 7) is 2.32. The predicted molar refractivity (Wildman–Crippen MR) is 60.0 cm³/mol. The third-order valence-corrected chi connectivity index (χ3v) is 3.16. The first-order valence-electron chi connectivity index (χ1n) is 5.99. The Balaban J connectivity index is 1.86. The second-order valence-electron chi connectivity index (χ2n) is 4.40. The normalized spacial score (nSPS) is 21.4. The molecule has 0 atom stereocenters. The highest BCUT2D eigenvalue weighted by atomic mass is 16.2. The van der Waals surface area contributed by atoms with E-state index in [9.17, 15) is 14.4 Å². The average molecular weight is 239 g/mol. The molecule has 0 aromatic carbocycles. The molecule has 0 bridgehead atoms. The summed E-state index contributed by atoms with van der Waals surface area (Å²) in [7, 11) is 0. The van der Waals surface area contributed by atoms with Crippen LogP contribution in [0.4, 0.5) is 0 Å². The molecule has 0 aromatic rings. The molecule has 2 heterocycles. The van der Waals surface area contributed by atoms with Crippen LogP contribution in [0.2, 0.25) is 0 Å². The minimum absolute atomic E-state index is 0.0162. The first-order chi connectivity index (χ1) is 8.16. The van der Waals surface area contributed by atoms with Gasteiger partial charge in [0.05, 0.1) is 6.54 Å². The molecule has 6 heteroatoms. The van der Waals surface area contributed by atoms with Gasteiger partial charge in [-0.05, 0) is 6.42 Å². The lowest BCUT2D eigenvalue weighted by Gasteiger charge is -2.23. The summed E-state index contributed by atoms with van der Waals surface area (Å²) < 4.78 is 0. The van der Waals surface area contributed by atoms with Crippen LogP contribution in [0.15, 0.2) is 0 Å². The summed E-state index contributed by atoms with van der Waals surface area (Å²) in [6.07, 6.45) is 1.74. The quantitative estimate of drug-likeness (QED) is 0.669. The number of rotatable bonds is 2. The molecule has 17 heavy (non-hydrogen) atoms. The molecule has 2 aliphatic heterocycles. The first-order valence-corrected chi connectivity index (χ1v) is 5.99. The van der Waals surface area contributed by atoms with Gasteiger partial charge in [-0.3, -0.25) is 14.4 Å². The number of hydrogen-bond acceptors (Lipinski definition) is 3. The van der Waals surface area contributed by atoms with Gasteiger partial charge < -0.3 is 15.1 Å². The molecule has 3 amide bonds. The Hall–Kier alpha value is -1.59. The molecule has 2 rings (SSSR count). The van der Waals surface area contributed by atoms with Gasteiger partial charge in [-0.1, -0.05) is 0 Å². The van der Waals surface area contributed by atoms with Crippen LogP contribution in [0.3, 0.4) is 0 Å². The van der Waals surface area contributed by atoms with Crippen molar-refractivity contribution in [2.45, 2.75) is 19.3 Å². The fourth-order valence-electron chi connectivity index (χ4n) is 2.15. The zero-order valence-electron chi connectivity index (χ0n) is 9.78. The maximum atomic E-state index is 12.0. The van der Waals surface area contributed by atoms with Gasteiger partial charge in [0.2, 0.25) is 17.7 Å². The highest BCUT2D eigenvalue weighted by Crippen LogP contribution is 2.10. The molecule has 0 radical (unpaired) electrons. The molecule has 94 valence electrons. The molecule has 6 nitrogen and oxygen atoms in total. The molecule has 2 fully saturated rings.